The van der Waals surface area contributed by atoms with Crippen molar-refractivity contribution in [3.63, 3.8) is 0 Å². The van der Waals surface area contributed by atoms with Crippen LogP contribution in [0.1, 0.15) is 0 Å². The average molecular weight is 153 g/mol. The van der Waals surface area contributed by atoms with E-state index in [1.54, 1.807) is 6.08 Å². The first-order chi connectivity index (χ1) is 5.24. The standard InChI is InChI=1S/C6H7N3O2/c1-2-3-7-6-8-4(10)5(11)9-6/h2H,1,3H2,(H2,7,8,9,10,11). The topological polar surface area (TPSA) is 70.6 Å². The minimum atomic E-state index is -0.673. The fraction of sp³-hybridized carbons (Fsp3) is 0.167. The van der Waals surface area contributed by atoms with Gasteiger partial charge in [0.05, 0.1) is 6.54 Å². The van der Waals surface area contributed by atoms with E-state index in [0.29, 0.717) is 6.54 Å². The van der Waals surface area contributed by atoms with Gasteiger partial charge in [0.25, 0.3) is 0 Å². The van der Waals surface area contributed by atoms with E-state index in [4.69, 9.17) is 0 Å². The molecule has 0 radical (unpaired) electrons. The van der Waals surface area contributed by atoms with Gasteiger partial charge in [0.2, 0.25) is 5.96 Å². The van der Waals surface area contributed by atoms with Crippen LogP contribution in [0.4, 0.5) is 0 Å². The quantitative estimate of drug-likeness (QED) is 0.385. The SMILES string of the molecule is C=CCN=C1NC(=O)C(=O)N1. The second kappa shape index (κ2) is 2.96. The van der Waals surface area contributed by atoms with E-state index in [1.807, 2.05) is 0 Å². The van der Waals surface area contributed by atoms with Crippen molar-refractivity contribution >= 4 is 17.8 Å². The Labute approximate surface area is 63.2 Å². The normalized spacial score (nSPS) is 15.8. The number of guanidine groups is 1. The summed E-state index contributed by atoms with van der Waals surface area (Å²) in [6, 6.07) is 0. The number of rotatable bonds is 2. The molecule has 1 aliphatic heterocycles. The Kier molecular flexibility index (Phi) is 2.00. The molecule has 1 heterocycles. The molecule has 2 N–H and O–H groups in total. The molecule has 0 bridgehead atoms. The molecule has 58 valence electrons. The van der Waals surface area contributed by atoms with Crippen molar-refractivity contribution in [3.05, 3.63) is 12.7 Å². The van der Waals surface area contributed by atoms with Crippen LogP contribution in [0, 0.1) is 0 Å². The molecule has 5 nitrogen and oxygen atoms in total. The zero-order valence-corrected chi connectivity index (χ0v) is 5.76. The van der Waals surface area contributed by atoms with Crippen molar-refractivity contribution in [1.29, 1.82) is 0 Å². The minimum absolute atomic E-state index is 0.194. The Morgan fingerprint density at radius 3 is 2.36 bits per heavy atom. The van der Waals surface area contributed by atoms with Gasteiger partial charge in [-0.3, -0.25) is 20.2 Å². The Bertz CT molecular complexity index is 226. The predicted octanol–water partition coefficient (Wildman–Crippen LogP) is -1.23. The maximum absolute atomic E-state index is 10.5. The maximum atomic E-state index is 10.5. The van der Waals surface area contributed by atoms with Crippen LogP contribution in [-0.4, -0.2) is 24.3 Å². The number of nitrogens with zero attached hydrogens (tertiary/aromatic N) is 1. The van der Waals surface area contributed by atoms with Crippen molar-refractivity contribution in [2.75, 3.05) is 6.54 Å². The van der Waals surface area contributed by atoms with Crippen LogP contribution in [-0.2, 0) is 9.59 Å². The summed E-state index contributed by atoms with van der Waals surface area (Å²) in [5, 5.41) is 4.48. The van der Waals surface area contributed by atoms with Crippen molar-refractivity contribution in [2.45, 2.75) is 0 Å². The van der Waals surface area contributed by atoms with Crippen LogP contribution in [0.25, 0.3) is 0 Å². The molecule has 1 saturated heterocycles. The highest BCUT2D eigenvalue weighted by atomic mass is 16.2. The Hall–Kier alpha value is -1.65. The fourth-order valence-corrected chi connectivity index (χ4v) is 0.595. The molecule has 0 saturated carbocycles. The third kappa shape index (κ3) is 1.64. The summed E-state index contributed by atoms with van der Waals surface area (Å²) in [5.74, 6) is -1.15. The minimum Gasteiger partial charge on any atom is -0.288 e. The summed E-state index contributed by atoms with van der Waals surface area (Å²) in [4.78, 5) is 24.8. The summed E-state index contributed by atoms with van der Waals surface area (Å²) in [5.41, 5.74) is 0. The van der Waals surface area contributed by atoms with Gasteiger partial charge in [-0.25, -0.2) is 4.99 Å². The van der Waals surface area contributed by atoms with Crippen molar-refractivity contribution in [3.8, 4) is 0 Å². The van der Waals surface area contributed by atoms with Gasteiger partial charge in [0, 0.05) is 0 Å². The molecule has 11 heavy (non-hydrogen) atoms. The fourth-order valence-electron chi connectivity index (χ4n) is 0.595. The van der Waals surface area contributed by atoms with E-state index in [0.717, 1.165) is 0 Å². The van der Waals surface area contributed by atoms with Gasteiger partial charge >= 0.3 is 11.8 Å². The number of carbonyl (C=O) groups excluding carboxylic acids is 2. The maximum Gasteiger partial charge on any atom is 0.316 e. The number of hydrogen-bond acceptors (Lipinski definition) is 3. The first kappa shape index (κ1) is 7.46. The average Bonchev–Trinajstić information content (AvgIpc) is 2.28. The summed E-state index contributed by atoms with van der Waals surface area (Å²) < 4.78 is 0. The van der Waals surface area contributed by atoms with Gasteiger partial charge in [-0.2, -0.15) is 0 Å². The van der Waals surface area contributed by atoms with E-state index in [-0.39, 0.29) is 5.96 Å². The van der Waals surface area contributed by atoms with Crippen LogP contribution < -0.4 is 10.6 Å². The molecule has 0 aliphatic carbocycles. The first-order valence-corrected chi connectivity index (χ1v) is 3.01. The van der Waals surface area contributed by atoms with Crippen LogP contribution in [0.15, 0.2) is 17.6 Å². The first-order valence-electron chi connectivity index (χ1n) is 3.01. The second-order valence-electron chi connectivity index (χ2n) is 1.89. The highest BCUT2D eigenvalue weighted by molar-refractivity contribution is 6.45. The number of amides is 2. The molecule has 1 fully saturated rings. The van der Waals surface area contributed by atoms with Crippen molar-refractivity contribution in [1.82, 2.24) is 10.6 Å². The summed E-state index contributed by atoms with van der Waals surface area (Å²) in [7, 11) is 0. The monoisotopic (exact) mass is 153 g/mol. The largest absolute Gasteiger partial charge is 0.316 e. The number of nitrogens with one attached hydrogen (secondary N) is 2. The van der Waals surface area contributed by atoms with Gasteiger partial charge in [-0.1, -0.05) is 6.08 Å². The Balaban J connectivity index is 2.59. The lowest BCUT2D eigenvalue weighted by Gasteiger charge is -1.91. The van der Waals surface area contributed by atoms with Crippen LogP contribution in [0.2, 0.25) is 0 Å². The second-order valence-corrected chi connectivity index (χ2v) is 1.89. The van der Waals surface area contributed by atoms with E-state index >= 15 is 0 Å². The lowest BCUT2D eigenvalue weighted by Crippen LogP contribution is -2.25. The lowest BCUT2D eigenvalue weighted by atomic mass is 10.6. The number of carbonyl (C=O) groups is 2. The van der Waals surface area contributed by atoms with Gasteiger partial charge in [-0.05, 0) is 0 Å². The highest BCUT2D eigenvalue weighted by Crippen LogP contribution is 1.82. The molecule has 0 spiro atoms. The molecule has 0 aromatic rings. The number of hydrogen-bond donors (Lipinski definition) is 2. The molecular formula is C6H7N3O2. The molecule has 0 aromatic heterocycles. The zero-order chi connectivity index (χ0) is 8.27. The smallest absolute Gasteiger partial charge is 0.288 e. The Morgan fingerprint density at radius 2 is 1.91 bits per heavy atom. The van der Waals surface area contributed by atoms with Gasteiger partial charge < -0.3 is 0 Å². The third-order valence-electron chi connectivity index (χ3n) is 1.05. The van der Waals surface area contributed by atoms with Crippen molar-refractivity contribution < 1.29 is 9.59 Å². The molecule has 1 rings (SSSR count). The predicted molar refractivity (Wildman–Crippen MR) is 38.8 cm³/mol. The van der Waals surface area contributed by atoms with Crippen LogP contribution in [0.5, 0.6) is 0 Å². The molecule has 0 unspecified atom stereocenters. The Morgan fingerprint density at radius 1 is 1.36 bits per heavy atom. The molecule has 0 aromatic carbocycles. The van der Waals surface area contributed by atoms with E-state index in [9.17, 15) is 9.59 Å². The lowest BCUT2D eigenvalue weighted by molar-refractivity contribution is -0.135. The molecule has 1 aliphatic rings. The molecule has 5 heteroatoms. The van der Waals surface area contributed by atoms with E-state index in [1.165, 1.54) is 0 Å². The molecule has 2 amide bonds. The summed E-state index contributed by atoms with van der Waals surface area (Å²) in [6.45, 7) is 3.80. The van der Waals surface area contributed by atoms with Gasteiger partial charge in [0.15, 0.2) is 0 Å². The van der Waals surface area contributed by atoms with Gasteiger partial charge in [-0.15, -0.1) is 6.58 Å². The zero-order valence-electron chi connectivity index (χ0n) is 5.76. The van der Waals surface area contributed by atoms with Crippen LogP contribution in [0.3, 0.4) is 0 Å². The molecular weight excluding hydrogens is 146 g/mol. The summed E-state index contributed by atoms with van der Waals surface area (Å²) >= 11 is 0. The van der Waals surface area contributed by atoms with Crippen molar-refractivity contribution in [2.24, 2.45) is 4.99 Å². The summed E-state index contributed by atoms with van der Waals surface area (Å²) in [6.07, 6.45) is 1.56. The number of aliphatic imine (C=N–C) groups is 1. The van der Waals surface area contributed by atoms with E-state index in [2.05, 4.69) is 22.2 Å². The van der Waals surface area contributed by atoms with E-state index < -0.39 is 11.8 Å². The van der Waals surface area contributed by atoms with Crippen LogP contribution >= 0.6 is 0 Å². The third-order valence-corrected chi connectivity index (χ3v) is 1.05. The van der Waals surface area contributed by atoms with Gasteiger partial charge in [0.1, 0.15) is 0 Å². The molecule has 0 atom stereocenters. The highest BCUT2D eigenvalue weighted by Gasteiger charge is 2.24.